The van der Waals surface area contributed by atoms with E-state index in [-0.39, 0.29) is 6.61 Å². The van der Waals surface area contributed by atoms with Crippen LogP contribution < -0.4 is 4.74 Å². The molecule has 2 heterocycles. The van der Waals surface area contributed by atoms with Gasteiger partial charge in [0.05, 0.1) is 0 Å². The molecule has 0 N–H and O–H groups in total. The lowest BCUT2D eigenvalue weighted by molar-refractivity contribution is 0.240. The van der Waals surface area contributed by atoms with E-state index in [4.69, 9.17) is 9.26 Å². The van der Waals surface area contributed by atoms with Gasteiger partial charge in [-0.05, 0) is 44.0 Å². The molecule has 0 spiro atoms. The van der Waals surface area contributed by atoms with Crippen molar-refractivity contribution in [3.05, 3.63) is 59.2 Å². The van der Waals surface area contributed by atoms with Crippen molar-refractivity contribution in [1.82, 2.24) is 15.1 Å². The van der Waals surface area contributed by atoms with Crippen molar-refractivity contribution in [1.29, 1.82) is 0 Å². The molecule has 0 bridgehead atoms. The molecule has 0 aliphatic carbocycles. The van der Waals surface area contributed by atoms with Crippen LogP contribution in [0.1, 0.15) is 22.6 Å². The molecule has 0 aliphatic rings. The number of ether oxygens (including phenoxy) is 1. The van der Waals surface area contributed by atoms with Gasteiger partial charge >= 0.3 is 0 Å². The van der Waals surface area contributed by atoms with Crippen molar-refractivity contribution in [3.8, 4) is 17.1 Å². The maximum absolute atomic E-state index is 5.85. The molecular formula is C17H17N3O2. The molecule has 0 amide bonds. The van der Waals surface area contributed by atoms with Gasteiger partial charge in [-0.3, -0.25) is 4.98 Å². The number of benzene rings is 1. The first kappa shape index (κ1) is 14.3. The lowest BCUT2D eigenvalue weighted by atomic mass is 10.1. The first-order valence-electron chi connectivity index (χ1n) is 7.07. The Hall–Kier alpha value is -2.69. The van der Waals surface area contributed by atoms with Gasteiger partial charge < -0.3 is 9.26 Å². The molecule has 2 aromatic heterocycles. The van der Waals surface area contributed by atoms with Crippen LogP contribution in [0.4, 0.5) is 0 Å². The fourth-order valence-electron chi connectivity index (χ4n) is 2.46. The molecule has 3 rings (SSSR count). The number of hydrogen-bond donors (Lipinski definition) is 0. The quantitative estimate of drug-likeness (QED) is 0.735. The molecule has 5 heteroatoms. The van der Waals surface area contributed by atoms with Gasteiger partial charge in [0, 0.05) is 18.0 Å². The third-order valence-electron chi connectivity index (χ3n) is 3.35. The van der Waals surface area contributed by atoms with Crippen molar-refractivity contribution in [2.45, 2.75) is 27.4 Å². The summed E-state index contributed by atoms with van der Waals surface area (Å²) >= 11 is 0. The van der Waals surface area contributed by atoms with Crippen molar-refractivity contribution in [2.24, 2.45) is 0 Å². The van der Waals surface area contributed by atoms with Gasteiger partial charge in [-0.25, -0.2) is 0 Å². The molecule has 0 atom stereocenters. The molecule has 0 saturated heterocycles. The minimum absolute atomic E-state index is 0.253. The Balaban J connectivity index is 1.74. The van der Waals surface area contributed by atoms with Crippen molar-refractivity contribution in [3.63, 3.8) is 0 Å². The molecule has 5 nitrogen and oxygen atoms in total. The van der Waals surface area contributed by atoms with Gasteiger partial charge in [-0.1, -0.05) is 22.9 Å². The van der Waals surface area contributed by atoms with E-state index in [0.717, 1.165) is 22.4 Å². The van der Waals surface area contributed by atoms with E-state index >= 15 is 0 Å². The summed E-state index contributed by atoms with van der Waals surface area (Å²) in [5.41, 5.74) is 4.30. The molecule has 1 aromatic carbocycles. The SMILES string of the molecule is Cc1cc(C)c(OCc2nc(-c3ccncc3)no2)c(C)c1. The highest BCUT2D eigenvalue weighted by atomic mass is 16.5. The Labute approximate surface area is 129 Å². The summed E-state index contributed by atoms with van der Waals surface area (Å²) in [5.74, 6) is 1.86. The second-order valence-electron chi connectivity index (χ2n) is 5.26. The van der Waals surface area contributed by atoms with Crippen LogP contribution in [-0.4, -0.2) is 15.1 Å². The highest BCUT2D eigenvalue weighted by Gasteiger charge is 2.11. The number of rotatable bonds is 4. The third-order valence-corrected chi connectivity index (χ3v) is 3.35. The van der Waals surface area contributed by atoms with E-state index in [1.165, 1.54) is 5.56 Å². The lowest BCUT2D eigenvalue weighted by Gasteiger charge is -2.11. The summed E-state index contributed by atoms with van der Waals surface area (Å²) in [4.78, 5) is 8.31. The summed E-state index contributed by atoms with van der Waals surface area (Å²) in [6.45, 7) is 6.39. The van der Waals surface area contributed by atoms with E-state index in [9.17, 15) is 0 Å². The van der Waals surface area contributed by atoms with Crippen LogP contribution in [0.2, 0.25) is 0 Å². The topological polar surface area (TPSA) is 61.0 Å². The largest absolute Gasteiger partial charge is 0.483 e. The average Bonchev–Trinajstić information content (AvgIpc) is 2.96. The molecule has 112 valence electrons. The summed E-state index contributed by atoms with van der Waals surface area (Å²) < 4.78 is 11.1. The maximum Gasteiger partial charge on any atom is 0.264 e. The molecule has 22 heavy (non-hydrogen) atoms. The fraction of sp³-hybridized carbons (Fsp3) is 0.235. The predicted molar refractivity (Wildman–Crippen MR) is 82.5 cm³/mol. The van der Waals surface area contributed by atoms with Crippen LogP contribution >= 0.6 is 0 Å². The van der Waals surface area contributed by atoms with Gasteiger partial charge in [-0.2, -0.15) is 4.98 Å². The van der Waals surface area contributed by atoms with Crippen LogP contribution in [-0.2, 0) is 6.61 Å². The van der Waals surface area contributed by atoms with Crippen LogP contribution in [0.3, 0.4) is 0 Å². The second kappa shape index (κ2) is 5.97. The normalized spacial score (nSPS) is 10.7. The molecule has 0 unspecified atom stereocenters. The minimum Gasteiger partial charge on any atom is -0.483 e. The van der Waals surface area contributed by atoms with Gasteiger partial charge in [0.2, 0.25) is 5.82 Å². The number of pyridine rings is 1. The zero-order valence-electron chi connectivity index (χ0n) is 12.8. The smallest absolute Gasteiger partial charge is 0.264 e. The van der Waals surface area contributed by atoms with E-state index in [2.05, 4.69) is 34.2 Å². The first-order chi connectivity index (χ1) is 10.6. The molecule has 0 saturated carbocycles. The van der Waals surface area contributed by atoms with E-state index < -0.39 is 0 Å². The minimum atomic E-state index is 0.253. The van der Waals surface area contributed by atoms with Crippen molar-refractivity contribution < 1.29 is 9.26 Å². The second-order valence-corrected chi connectivity index (χ2v) is 5.26. The third kappa shape index (κ3) is 2.98. The van der Waals surface area contributed by atoms with E-state index in [1.807, 2.05) is 26.0 Å². The number of hydrogen-bond acceptors (Lipinski definition) is 5. The van der Waals surface area contributed by atoms with Gasteiger partial charge in [0.1, 0.15) is 5.75 Å². The van der Waals surface area contributed by atoms with Gasteiger partial charge in [0.25, 0.3) is 5.89 Å². The Bertz CT molecular complexity index is 759. The van der Waals surface area contributed by atoms with Crippen LogP contribution in [0, 0.1) is 20.8 Å². The van der Waals surface area contributed by atoms with Crippen LogP contribution in [0.15, 0.2) is 41.2 Å². The number of aryl methyl sites for hydroxylation is 3. The Morgan fingerprint density at radius 2 is 1.73 bits per heavy atom. The zero-order chi connectivity index (χ0) is 15.5. The Morgan fingerprint density at radius 1 is 1.05 bits per heavy atom. The van der Waals surface area contributed by atoms with Crippen LogP contribution in [0.5, 0.6) is 5.75 Å². The maximum atomic E-state index is 5.85. The monoisotopic (exact) mass is 295 g/mol. The van der Waals surface area contributed by atoms with Crippen molar-refractivity contribution >= 4 is 0 Å². The number of nitrogens with zero attached hydrogens (tertiary/aromatic N) is 3. The van der Waals surface area contributed by atoms with Crippen molar-refractivity contribution in [2.75, 3.05) is 0 Å². The summed E-state index contributed by atoms with van der Waals surface area (Å²) in [7, 11) is 0. The standard InChI is InChI=1S/C17H17N3O2/c1-11-8-12(2)16(13(3)9-11)21-10-15-19-17(20-22-15)14-4-6-18-7-5-14/h4-9H,10H2,1-3H3. The molecule has 0 fully saturated rings. The zero-order valence-corrected chi connectivity index (χ0v) is 12.8. The first-order valence-corrected chi connectivity index (χ1v) is 7.07. The summed E-state index contributed by atoms with van der Waals surface area (Å²) in [6, 6.07) is 7.87. The average molecular weight is 295 g/mol. The highest BCUT2D eigenvalue weighted by Crippen LogP contribution is 2.25. The van der Waals surface area contributed by atoms with Gasteiger partial charge in [-0.15, -0.1) is 0 Å². The highest BCUT2D eigenvalue weighted by molar-refractivity contribution is 5.52. The predicted octanol–water partition coefficient (Wildman–Crippen LogP) is 3.64. The fourth-order valence-corrected chi connectivity index (χ4v) is 2.46. The van der Waals surface area contributed by atoms with E-state index in [1.54, 1.807) is 12.4 Å². The lowest BCUT2D eigenvalue weighted by Crippen LogP contribution is -2.00. The Kier molecular flexibility index (Phi) is 3.87. The van der Waals surface area contributed by atoms with E-state index in [0.29, 0.717) is 11.7 Å². The van der Waals surface area contributed by atoms with Crippen LogP contribution in [0.25, 0.3) is 11.4 Å². The molecular weight excluding hydrogens is 278 g/mol. The molecule has 3 aromatic rings. The number of aromatic nitrogens is 3. The van der Waals surface area contributed by atoms with Gasteiger partial charge in [0.15, 0.2) is 6.61 Å². The molecule has 0 radical (unpaired) electrons. The molecule has 0 aliphatic heterocycles. The summed E-state index contributed by atoms with van der Waals surface area (Å²) in [5, 5.41) is 3.96. The Morgan fingerprint density at radius 3 is 2.41 bits per heavy atom. The summed E-state index contributed by atoms with van der Waals surface area (Å²) in [6.07, 6.45) is 3.39.